The zero-order valence-electron chi connectivity index (χ0n) is 28.4. The number of carbonyl (C=O) groups is 2. The van der Waals surface area contributed by atoms with Crippen LogP contribution in [0.4, 0.5) is 24.5 Å². The summed E-state index contributed by atoms with van der Waals surface area (Å²) in [4.78, 5) is 45.6. The van der Waals surface area contributed by atoms with Crippen molar-refractivity contribution >= 4 is 34.6 Å². The molecule has 1 fully saturated rings. The van der Waals surface area contributed by atoms with Gasteiger partial charge in [-0.25, -0.2) is 9.98 Å². The number of aliphatic imine (C=N–C) groups is 1. The predicted molar refractivity (Wildman–Crippen MR) is 185 cm³/mol. The van der Waals surface area contributed by atoms with Crippen LogP contribution in [-0.2, 0) is 11.8 Å². The smallest absolute Gasteiger partial charge is 0.370 e. The van der Waals surface area contributed by atoms with E-state index in [4.69, 9.17) is 9.98 Å². The molecule has 0 aliphatic carbocycles. The van der Waals surface area contributed by atoms with Crippen LogP contribution in [0.3, 0.4) is 0 Å². The number of halogens is 3. The van der Waals surface area contributed by atoms with E-state index in [1.165, 1.54) is 4.90 Å². The molecule has 2 aliphatic heterocycles. The highest BCUT2D eigenvalue weighted by molar-refractivity contribution is 5.95. The molecule has 260 valence electrons. The van der Waals surface area contributed by atoms with Crippen LogP contribution >= 0.6 is 0 Å². The Labute approximate surface area is 285 Å². The highest BCUT2D eigenvalue weighted by Crippen LogP contribution is 2.25. The monoisotopic (exact) mass is 675 g/mol. The number of amides is 2. The average Bonchev–Trinajstić information content (AvgIpc) is 3.37. The van der Waals surface area contributed by atoms with Gasteiger partial charge in [0, 0.05) is 94.1 Å². The Morgan fingerprint density at radius 2 is 1.71 bits per heavy atom. The third-order valence-corrected chi connectivity index (χ3v) is 9.12. The van der Waals surface area contributed by atoms with Gasteiger partial charge in [-0.1, -0.05) is 19.9 Å². The molecule has 0 bridgehead atoms. The average molecular weight is 676 g/mol. The van der Waals surface area contributed by atoms with Gasteiger partial charge in [0.25, 0.3) is 5.91 Å². The minimum atomic E-state index is -4.35. The predicted octanol–water partition coefficient (Wildman–Crippen LogP) is 6.41. The van der Waals surface area contributed by atoms with Crippen LogP contribution in [0, 0.1) is 5.92 Å². The van der Waals surface area contributed by atoms with Gasteiger partial charge in [-0.3, -0.25) is 14.6 Å². The zero-order valence-corrected chi connectivity index (χ0v) is 28.4. The van der Waals surface area contributed by atoms with E-state index in [1.807, 2.05) is 77.3 Å². The first kappa shape index (κ1) is 35.6. The number of aromatic nitrogens is 2. The van der Waals surface area contributed by atoms with Gasteiger partial charge in [-0.15, -0.1) is 0 Å². The molecule has 2 amide bonds. The van der Waals surface area contributed by atoms with Gasteiger partial charge in [-0.2, -0.15) is 13.2 Å². The van der Waals surface area contributed by atoms with Crippen molar-refractivity contribution in [1.29, 1.82) is 0 Å². The van der Waals surface area contributed by atoms with Gasteiger partial charge in [-0.05, 0) is 73.4 Å². The normalized spacial score (nSPS) is 17.1. The number of hydrogen-bond acceptors (Lipinski definition) is 5. The topological polar surface area (TPSA) is 86.4 Å². The van der Waals surface area contributed by atoms with Gasteiger partial charge in [0.15, 0.2) is 0 Å². The Morgan fingerprint density at radius 1 is 0.959 bits per heavy atom. The van der Waals surface area contributed by atoms with Gasteiger partial charge >= 0.3 is 6.18 Å². The first-order valence-corrected chi connectivity index (χ1v) is 16.9. The lowest BCUT2D eigenvalue weighted by atomic mass is 10.00. The van der Waals surface area contributed by atoms with Crippen LogP contribution in [0.1, 0.15) is 61.9 Å². The van der Waals surface area contributed by atoms with E-state index >= 15 is 0 Å². The molecule has 2 aliphatic rings. The van der Waals surface area contributed by atoms with E-state index in [9.17, 15) is 22.8 Å². The molecule has 9 nitrogen and oxygen atoms in total. The van der Waals surface area contributed by atoms with Crippen LogP contribution in [0.15, 0.2) is 83.2 Å². The van der Waals surface area contributed by atoms with Crippen molar-refractivity contribution in [1.82, 2.24) is 19.4 Å². The summed E-state index contributed by atoms with van der Waals surface area (Å²) in [5.74, 6) is 0.195. The number of hydrogen-bond donors (Lipinski definition) is 0. The molecule has 0 spiro atoms. The van der Waals surface area contributed by atoms with Crippen LogP contribution in [-0.4, -0.2) is 82.4 Å². The molecule has 0 radical (unpaired) electrons. The first-order valence-electron chi connectivity index (χ1n) is 16.9. The quantitative estimate of drug-likeness (QED) is 0.204. The van der Waals surface area contributed by atoms with Crippen molar-refractivity contribution in [2.75, 3.05) is 44.2 Å². The highest BCUT2D eigenvalue weighted by Gasteiger charge is 2.30. The molecule has 0 saturated carbocycles. The van der Waals surface area contributed by atoms with Crippen molar-refractivity contribution in [2.24, 2.45) is 23.0 Å². The molecule has 4 heterocycles. The summed E-state index contributed by atoms with van der Waals surface area (Å²) in [6, 6.07) is 15.2. The third kappa shape index (κ3) is 9.45. The molecule has 2 aromatic heterocycles. The molecular formula is C37H44F3N7O2. The van der Waals surface area contributed by atoms with Crippen LogP contribution in [0.25, 0.3) is 5.57 Å². The van der Waals surface area contributed by atoms with E-state index in [0.717, 1.165) is 42.8 Å². The van der Waals surface area contributed by atoms with E-state index in [-0.39, 0.29) is 18.4 Å². The minimum absolute atomic E-state index is 0.00118. The maximum Gasteiger partial charge on any atom is 0.389 e. The van der Waals surface area contributed by atoms with Crippen LogP contribution in [0.2, 0.25) is 0 Å². The molecule has 3 aromatic rings. The van der Waals surface area contributed by atoms with Crippen molar-refractivity contribution in [3.05, 3.63) is 89.8 Å². The standard InChI is InChI=1S/C37H44F3N7O2/c1-4-27(2)34(43-35-32(7-5-20-44(35)3)28-15-23-46(24-16-28)33(48)12-17-37(38,39)40)42-30-10-8-29(9-11-30)36(49)47-22-6-21-45(25-26-47)31-13-18-41-19-14-31/h5,7-11,13-15,18-20,27H,4,6,12,16-17,21-26H2,1-3H3. The van der Waals surface area contributed by atoms with E-state index in [1.54, 1.807) is 12.4 Å². The van der Waals surface area contributed by atoms with Gasteiger partial charge in [0.2, 0.25) is 5.91 Å². The molecule has 1 saturated heterocycles. The number of pyridine rings is 2. The fourth-order valence-corrected chi connectivity index (χ4v) is 6.00. The van der Waals surface area contributed by atoms with Crippen LogP contribution in [0.5, 0.6) is 0 Å². The summed E-state index contributed by atoms with van der Waals surface area (Å²) in [6.45, 7) is 7.71. The summed E-state index contributed by atoms with van der Waals surface area (Å²) < 4.78 is 39.8. The summed E-state index contributed by atoms with van der Waals surface area (Å²) in [7, 11) is 1.91. The van der Waals surface area contributed by atoms with E-state index in [2.05, 4.69) is 23.7 Å². The van der Waals surface area contributed by atoms with E-state index < -0.39 is 24.9 Å². The van der Waals surface area contributed by atoms with Crippen molar-refractivity contribution in [3.63, 3.8) is 0 Å². The number of rotatable bonds is 8. The molecular weight excluding hydrogens is 631 g/mol. The molecule has 0 N–H and O–H groups in total. The number of benzene rings is 1. The molecule has 49 heavy (non-hydrogen) atoms. The maximum atomic E-state index is 13.4. The Balaban J connectivity index is 1.33. The number of carbonyl (C=O) groups excluding carboxylic acids is 2. The second kappa shape index (κ2) is 16.1. The second-order valence-corrected chi connectivity index (χ2v) is 12.6. The number of anilines is 1. The molecule has 1 atom stereocenters. The molecule has 5 rings (SSSR count). The largest absolute Gasteiger partial charge is 0.389 e. The Morgan fingerprint density at radius 3 is 2.39 bits per heavy atom. The summed E-state index contributed by atoms with van der Waals surface area (Å²) >= 11 is 0. The number of alkyl halides is 3. The highest BCUT2D eigenvalue weighted by atomic mass is 19.4. The van der Waals surface area contributed by atoms with Crippen molar-refractivity contribution in [2.45, 2.75) is 52.1 Å². The number of amidine groups is 1. The van der Waals surface area contributed by atoms with Crippen molar-refractivity contribution in [3.8, 4) is 0 Å². The summed E-state index contributed by atoms with van der Waals surface area (Å²) in [5.41, 5.74) is 5.01. The number of nitrogens with zero attached hydrogens (tertiary/aromatic N) is 7. The Hall–Kier alpha value is -4.74. The van der Waals surface area contributed by atoms with Crippen molar-refractivity contribution < 1.29 is 22.8 Å². The fourth-order valence-electron chi connectivity index (χ4n) is 6.00. The lowest BCUT2D eigenvalue weighted by Crippen LogP contribution is -2.36. The minimum Gasteiger partial charge on any atom is -0.370 e. The SMILES string of the molecule is CCC(C)C(=Nc1ccc(C(=O)N2CCCN(c3ccncc3)CC2)cc1)N=c1c(C2=CCN(C(=O)CCC(F)(F)F)CC2)cccn1C. The summed E-state index contributed by atoms with van der Waals surface area (Å²) in [6.07, 6.45) is 3.58. The van der Waals surface area contributed by atoms with Gasteiger partial charge < -0.3 is 19.3 Å². The lowest BCUT2D eigenvalue weighted by molar-refractivity contribution is -0.148. The van der Waals surface area contributed by atoms with E-state index in [0.29, 0.717) is 48.6 Å². The zero-order chi connectivity index (χ0) is 35.0. The second-order valence-electron chi connectivity index (χ2n) is 12.6. The first-order chi connectivity index (χ1) is 23.5. The molecule has 1 aromatic carbocycles. The van der Waals surface area contributed by atoms with Gasteiger partial charge in [0.05, 0.1) is 12.1 Å². The molecule has 1 unspecified atom stereocenters. The fraction of sp³-hybridized carbons (Fsp3) is 0.432. The number of aryl methyl sites for hydroxylation is 1. The third-order valence-electron chi connectivity index (χ3n) is 9.12. The maximum absolute atomic E-state index is 13.4. The summed E-state index contributed by atoms with van der Waals surface area (Å²) in [5, 5.41) is 0. The lowest BCUT2D eigenvalue weighted by Gasteiger charge is -2.27. The van der Waals surface area contributed by atoms with Gasteiger partial charge in [0.1, 0.15) is 11.3 Å². The Bertz CT molecular complexity index is 1730. The Kier molecular flexibility index (Phi) is 11.7. The molecule has 12 heteroatoms. The van der Waals surface area contributed by atoms with Crippen LogP contribution < -0.4 is 10.4 Å².